The zero-order chi connectivity index (χ0) is 23.1. The number of carbonyl (C=O) groups excluding carboxylic acids is 2. The Bertz CT molecular complexity index is 1420. The molecule has 33 heavy (non-hydrogen) atoms. The Hall–Kier alpha value is -3.16. The number of aromatic amines is 1. The summed E-state index contributed by atoms with van der Waals surface area (Å²) in [7, 11) is 0. The second-order valence-electron chi connectivity index (χ2n) is 8.21. The molecule has 168 valence electrons. The summed E-state index contributed by atoms with van der Waals surface area (Å²) in [6.07, 6.45) is 3.83. The summed E-state index contributed by atoms with van der Waals surface area (Å²) >= 11 is 3.58. The van der Waals surface area contributed by atoms with Crippen molar-refractivity contribution in [3.63, 3.8) is 0 Å². The van der Waals surface area contributed by atoms with Crippen LogP contribution in [0.3, 0.4) is 0 Å². The van der Waals surface area contributed by atoms with Crippen LogP contribution in [0.2, 0.25) is 0 Å². The number of imide groups is 1. The van der Waals surface area contributed by atoms with Gasteiger partial charge in [-0.1, -0.05) is 48.0 Å². The van der Waals surface area contributed by atoms with E-state index < -0.39 is 0 Å². The minimum absolute atomic E-state index is 0.358. The molecule has 2 N–H and O–H groups in total. The van der Waals surface area contributed by atoms with Crippen LogP contribution in [0.5, 0.6) is 0 Å². The Morgan fingerprint density at radius 2 is 1.67 bits per heavy atom. The first-order valence-electron chi connectivity index (χ1n) is 11.2. The third-order valence-electron chi connectivity index (χ3n) is 6.45. The molecule has 0 saturated carbocycles. The van der Waals surface area contributed by atoms with Gasteiger partial charge in [0, 0.05) is 62.9 Å². The van der Waals surface area contributed by atoms with Crippen LogP contribution in [0, 0.1) is 0 Å². The highest BCUT2D eigenvalue weighted by Gasteiger charge is 2.35. The molecule has 6 nitrogen and oxygen atoms in total. The number of para-hydroxylation sites is 1. The highest BCUT2D eigenvalue weighted by molar-refractivity contribution is 9.10. The van der Waals surface area contributed by atoms with E-state index >= 15 is 0 Å². The molecule has 7 heteroatoms. The van der Waals surface area contributed by atoms with Gasteiger partial charge < -0.3 is 14.5 Å². The van der Waals surface area contributed by atoms with Crippen molar-refractivity contribution in [3.05, 3.63) is 70.5 Å². The third-order valence-corrected chi connectivity index (χ3v) is 6.95. The Labute approximate surface area is 200 Å². The number of aromatic nitrogens is 2. The molecular weight excluding hydrogens is 480 g/mol. The largest absolute Gasteiger partial charge is 0.361 e. The third kappa shape index (κ3) is 3.71. The summed E-state index contributed by atoms with van der Waals surface area (Å²) in [5.41, 5.74) is 4.32. The Morgan fingerprint density at radius 1 is 0.939 bits per heavy atom. The second kappa shape index (κ2) is 8.65. The Morgan fingerprint density at radius 3 is 2.42 bits per heavy atom. The summed E-state index contributed by atoms with van der Waals surface area (Å²) in [5, 5.41) is 4.39. The minimum atomic E-state index is -0.362. The second-order valence-corrected chi connectivity index (χ2v) is 9.12. The fourth-order valence-electron chi connectivity index (χ4n) is 4.69. The van der Waals surface area contributed by atoms with Crippen molar-refractivity contribution in [2.45, 2.75) is 20.4 Å². The maximum Gasteiger partial charge on any atom is 0.259 e. The van der Waals surface area contributed by atoms with Crippen LogP contribution in [-0.2, 0) is 16.1 Å². The monoisotopic (exact) mass is 504 g/mol. The molecule has 2 aromatic heterocycles. The molecule has 0 bridgehead atoms. The van der Waals surface area contributed by atoms with E-state index in [4.69, 9.17) is 0 Å². The minimum Gasteiger partial charge on any atom is -0.361 e. The van der Waals surface area contributed by atoms with E-state index in [2.05, 4.69) is 55.6 Å². The average Bonchev–Trinajstić information content (AvgIpc) is 3.47. The van der Waals surface area contributed by atoms with Crippen LogP contribution in [0.4, 0.5) is 0 Å². The van der Waals surface area contributed by atoms with Gasteiger partial charge in [0.15, 0.2) is 0 Å². The number of hydrogen-bond donors (Lipinski definition) is 2. The average molecular weight is 505 g/mol. The maximum absolute atomic E-state index is 13.1. The molecular formula is C26H25BrN4O2. The van der Waals surface area contributed by atoms with Crippen molar-refractivity contribution in [3.8, 4) is 0 Å². The summed E-state index contributed by atoms with van der Waals surface area (Å²) < 4.78 is 3.11. The Kier molecular flexibility index (Phi) is 5.68. The van der Waals surface area contributed by atoms with Crippen molar-refractivity contribution in [2.24, 2.45) is 0 Å². The van der Waals surface area contributed by atoms with E-state index in [-0.39, 0.29) is 11.8 Å². The molecule has 2 amide bonds. The van der Waals surface area contributed by atoms with Gasteiger partial charge in [0.1, 0.15) is 0 Å². The quantitative estimate of drug-likeness (QED) is 0.355. The molecule has 0 radical (unpaired) electrons. The van der Waals surface area contributed by atoms with Crippen LogP contribution in [0.25, 0.3) is 33.0 Å². The van der Waals surface area contributed by atoms with Gasteiger partial charge in [0.25, 0.3) is 11.8 Å². The highest BCUT2D eigenvalue weighted by Crippen LogP contribution is 2.38. The molecule has 0 saturated heterocycles. The molecule has 0 aliphatic carbocycles. The predicted molar refractivity (Wildman–Crippen MR) is 136 cm³/mol. The highest BCUT2D eigenvalue weighted by atomic mass is 79.9. The van der Waals surface area contributed by atoms with E-state index in [0.29, 0.717) is 11.1 Å². The van der Waals surface area contributed by atoms with Crippen LogP contribution in [-0.4, -0.2) is 45.9 Å². The number of H-pyrrole nitrogens is 1. The van der Waals surface area contributed by atoms with Crippen molar-refractivity contribution in [1.82, 2.24) is 19.8 Å². The lowest BCUT2D eigenvalue weighted by molar-refractivity contribution is -0.122. The lowest BCUT2D eigenvalue weighted by atomic mass is 9.95. The molecule has 0 atom stereocenters. The SMILES string of the molecule is CCN(CC)CCn1cc(C2=C(c3c[nH]c4ccccc34)C(=O)NC2=O)c2cc(Br)ccc21. The topological polar surface area (TPSA) is 70.1 Å². The molecule has 1 aliphatic rings. The van der Waals surface area contributed by atoms with Crippen molar-refractivity contribution in [2.75, 3.05) is 19.6 Å². The number of nitrogens with zero attached hydrogens (tertiary/aromatic N) is 2. The van der Waals surface area contributed by atoms with Gasteiger partial charge >= 0.3 is 0 Å². The molecule has 3 heterocycles. The number of nitrogens with one attached hydrogen (secondary N) is 2. The fraction of sp³-hybridized carbons (Fsp3) is 0.231. The molecule has 5 rings (SSSR count). The number of fused-ring (bicyclic) bond motifs is 2. The van der Waals surface area contributed by atoms with Crippen LogP contribution >= 0.6 is 15.9 Å². The van der Waals surface area contributed by atoms with Gasteiger partial charge in [-0.2, -0.15) is 0 Å². The summed E-state index contributed by atoms with van der Waals surface area (Å²) in [4.78, 5) is 31.7. The number of carbonyl (C=O) groups is 2. The van der Waals surface area contributed by atoms with E-state index in [1.807, 2.05) is 48.8 Å². The van der Waals surface area contributed by atoms with Gasteiger partial charge in [-0.3, -0.25) is 14.9 Å². The normalized spacial score (nSPS) is 14.3. The summed E-state index contributed by atoms with van der Waals surface area (Å²) in [5.74, 6) is -0.721. The smallest absolute Gasteiger partial charge is 0.259 e. The number of rotatable bonds is 7. The number of halogens is 1. The van der Waals surface area contributed by atoms with E-state index in [1.165, 1.54) is 0 Å². The first kappa shape index (κ1) is 21.7. The van der Waals surface area contributed by atoms with Gasteiger partial charge in [-0.05, 0) is 37.4 Å². The summed E-state index contributed by atoms with van der Waals surface area (Å²) in [6, 6.07) is 13.9. The number of amides is 2. The number of likely N-dealkylation sites (N-methyl/N-ethyl adjacent to an activating group) is 1. The molecule has 2 aromatic carbocycles. The maximum atomic E-state index is 13.1. The van der Waals surface area contributed by atoms with Crippen molar-refractivity contribution < 1.29 is 9.59 Å². The van der Waals surface area contributed by atoms with Crippen molar-refractivity contribution in [1.29, 1.82) is 0 Å². The van der Waals surface area contributed by atoms with Gasteiger partial charge in [-0.25, -0.2) is 0 Å². The number of benzene rings is 2. The van der Waals surface area contributed by atoms with E-state index in [0.717, 1.165) is 63.6 Å². The first-order chi connectivity index (χ1) is 16.0. The number of hydrogen-bond acceptors (Lipinski definition) is 3. The van der Waals surface area contributed by atoms with Crippen molar-refractivity contribution >= 4 is 60.7 Å². The van der Waals surface area contributed by atoms with Gasteiger partial charge in [-0.15, -0.1) is 0 Å². The van der Waals surface area contributed by atoms with Gasteiger partial charge in [0.2, 0.25) is 0 Å². The van der Waals surface area contributed by atoms with Crippen LogP contribution in [0.1, 0.15) is 25.0 Å². The van der Waals surface area contributed by atoms with Gasteiger partial charge in [0.05, 0.1) is 11.1 Å². The lowest BCUT2D eigenvalue weighted by Gasteiger charge is -2.18. The first-order valence-corrected chi connectivity index (χ1v) is 12.0. The Balaban J connectivity index is 1.72. The van der Waals surface area contributed by atoms with E-state index in [9.17, 15) is 9.59 Å². The predicted octanol–water partition coefficient (Wildman–Crippen LogP) is 4.79. The van der Waals surface area contributed by atoms with Crippen LogP contribution < -0.4 is 5.32 Å². The molecule has 1 aliphatic heterocycles. The van der Waals surface area contributed by atoms with E-state index in [1.54, 1.807) is 0 Å². The zero-order valence-electron chi connectivity index (χ0n) is 18.6. The fourth-order valence-corrected chi connectivity index (χ4v) is 5.05. The molecule has 4 aromatic rings. The molecule has 0 unspecified atom stereocenters. The zero-order valence-corrected chi connectivity index (χ0v) is 20.2. The molecule has 0 fully saturated rings. The molecule has 0 spiro atoms. The van der Waals surface area contributed by atoms with Crippen LogP contribution in [0.15, 0.2) is 59.3 Å². The lowest BCUT2D eigenvalue weighted by Crippen LogP contribution is -2.26. The standard InChI is InChI=1S/C26H25BrN4O2/c1-3-30(4-2)11-12-31-15-20(18-13-16(27)9-10-22(18)31)24-23(25(32)29-26(24)33)19-14-28-21-8-6-5-7-17(19)21/h5-10,13-15,28H,3-4,11-12H2,1-2H3,(H,29,32,33). The summed E-state index contributed by atoms with van der Waals surface area (Å²) in [6.45, 7) is 8.00.